The maximum absolute atomic E-state index is 12.9. The van der Waals surface area contributed by atoms with Crippen LogP contribution in [0.1, 0.15) is 46.5 Å². The average molecular weight is 382 g/mol. The standard InChI is InChI=1S/C20H26N6O2/c1-14-21-11-17(12-22-14)20(27)26-5-3-4-16(13-26)18-10-19(24-15(2)23-18)25-6-8-28-9-7-25/h10-12,16H,3-9,13H2,1-2H3/t16-/m1/s1. The summed E-state index contributed by atoms with van der Waals surface area (Å²) < 4.78 is 5.45. The van der Waals surface area contributed by atoms with E-state index in [0.29, 0.717) is 17.9 Å². The molecule has 2 saturated heterocycles. The van der Waals surface area contributed by atoms with Gasteiger partial charge >= 0.3 is 0 Å². The van der Waals surface area contributed by atoms with Crippen LogP contribution >= 0.6 is 0 Å². The molecule has 0 saturated carbocycles. The number of anilines is 1. The van der Waals surface area contributed by atoms with Crippen LogP contribution in [0.4, 0.5) is 5.82 Å². The first-order valence-electron chi connectivity index (χ1n) is 9.86. The monoisotopic (exact) mass is 382 g/mol. The van der Waals surface area contributed by atoms with E-state index in [1.807, 2.05) is 18.7 Å². The highest BCUT2D eigenvalue weighted by Crippen LogP contribution is 2.28. The van der Waals surface area contributed by atoms with Crippen molar-refractivity contribution in [2.75, 3.05) is 44.3 Å². The van der Waals surface area contributed by atoms with Gasteiger partial charge in [0.05, 0.1) is 24.5 Å². The summed E-state index contributed by atoms with van der Waals surface area (Å²) in [5.41, 5.74) is 1.56. The Balaban J connectivity index is 1.51. The van der Waals surface area contributed by atoms with E-state index < -0.39 is 0 Å². The fourth-order valence-electron chi connectivity index (χ4n) is 3.83. The summed E-state index contributed by atoms with van der Waals surface area (Å²) in [4.78, 5) is 34.6. The SMILES string of the molecule is Cc1ncc(C(=O)N2CCC[C@@H](c3cc(N4CCOCC4)nc(C)n3)C2)cn1. The molecule has 1 amide bonds. The van der Waals surface area contributed by atoms with Gasteiger partial charge in [-0.1, -0.05) is 0 Å². The molecular weight excluding hydrogens is 356 g/mol. The van der Waals surface area contributed by atoms with Crippen molar-refractivity contribution in [1.82, 2.24) is 24.8 Å². The second-order valence-electron chi connectivity index (χ2n) is 7.41. The van der Waals surface area contributed by atoms with Gasteiger partial charge in [0.1, 0.15) is 17.5 Å². The number of aryl methyl sites for hydroxylation is 2. The van der Waals surface area contributed by atoms with Crippen molar-refractivity contribution in [3.05, 3.63) is 41.4 Å². The summed E-state index contributed by atoms with van der Waals surface area (Å²) >= 11 is 0. The smallest absolute Gasteiger partial charge is 0.257 e. The van der Waals surface area contributed by atoms with E-state index in [1.54, 1.807) is 12.4 Å². The topological polar surface area (TPSA) is 84.3 Å². The van der Waals surface area contributed by atoms with Gasteiger partial charge in [-0.05, 0) is 26.7 Å². The fraction of sp³-hybridized carbons (Fsp3) is 0.550. The highest BCUT2D eigenvalue weighted by atomic mass is 16.5. The van der Waals surface area contributed by atoms with Crippen molar-refractivity contribution < 1.29 is 9.53 Å². The number of nitrogens with zero attached hydrogens (tertiary/aromatic N) is 6. The quantitative estimate of drug-likeness (QED) is 0.799. The van der Waals surface area contributed by atoms with E-state index in [9.17, 15) is 4.79 Å². The van der Waals surface area contributed by atoms with Gasteiger partial charge in [-0.15, -0.1) is 0 Å². The lowest BCUT2D eigenvalue weighted by molar-refractivity contribution is 0.0705. The van der Waals surface area contributed by atoms with Crippen LogP contribution in [0.2, 0.25) is 0 Å². The lowest BCUT2D eigenvalue weighted by atomic mass is 9.94. The molecule has 2 aromatic heterocycles. The third-order valence-electron chi connectivity index (χ3n) is 5.33. The zero-order chi connectivity index (χ0) is 19.5. The number of hydrogen-bond acceptors (Lipinski definition) is 7. The van der Waals surface area contributed by atoms with E-state index in [1.165, 1.54) is 0 Å². The van der Waals surface area contributed by atoms with Crippen molar-refractivity contribution in [3.63, 3.8) is 0 Å². The molecule has 8 nitrogen and oxygen atoms in total. The van der Waals surface area contributed by atoms with Crippen molar-refractivity contribution in [3.8, 4) is 0 Å². The highest BCUT2D eigenvalue weighted by Gasteiger charge is 2.27. The number of hydrogen-bond donors (Lipinski definition) is 0. The Hall–Kier alpha value is -2.61. The summed E-state index contributed by atoms with van der Waals surface area (Å²) in [5, 5.41) is 0. The third-order valence-corrected chi connectivity index (χ3v) is 5.33. The molecule has 0 unspecified atom stereocenters. The van der Waals surface area contributed by atoms with Crippen LogP contribution in [0.5, 0.6) is 0 Å². The van der Waals surface area contributed by atoms with E-state index >= 15 is 0 Å². The zero-order valence-electron chi connectivity index (χ0n) is 16.5. The van der Waals surface area contributed by atoms with Crippen molar-refractivity contribution >= 4 is 11.7 Å². The van der Waals surface area contributed by atoms with Crippen LogP contribution in [0.25, 0.3) is 0 Å². The molecule has 2 aromatic rings. The summed E-state index contributed by atoms with van der Waals surface area (Å²) in [6.45, 7) is 8.30. The maximum Gasteiger partial charge on any atom is 0.257 e. The van der Waals surface area contributed by atoms with Gasteiger partial charge in [-0.2, -0.15) is 0 Å². The molecular formula is C20H26N6O2. The highest BCUT2D eigenvalue weighted by molar-refractivity contribution is 5.93. The molecule has 0 aliphatic carbocycles. The number of rotatable bonds is 3. The van der Waals surface area contributed by atoms with E-state index in [-0.39, 0.29) is 11.8 Å². The third kappa shape index (κ3) is 4.11. The van der Waals surface area contributed by atoms with Crippen LogP contribution in [0, 0.1) is 13.8 Å². The normalized spacial score (nSPS) is 20.3. The van der Waals surface area contributed by atoms with E-state index in [2.05, 4.69) is 25.9 Å². The Labute approximate surface area is 165 Å². The predicted octanol–water partition coefficient (Wildman–Crippen LogP) is 1.74. The Bertz CT molecular complexity index is 835. The van der Waals surface area contributed by atoms with Crippen LogP contribution in [-0.2, 0) is 4.74 Å². The molecule has 148 valence electrons. The Morgan fingerprint density at radius 3 is 2.57 bits per heavy atom. The molecule has 2 aliphatic heterocycles. The number of carbonyl (C=O) groups excluding carboxylic acids is 1. The molecule has 1 atom stereocenters. The molecule has 28 heavy (non-hydrogen) atoms. The number of carbonyl (C=O) groups is 1. The number of ether oxygens (including phenoxy) is 1. The molecule has 4 heterocycles. The minimum absolute atomic E-state index is 0.0103. The van der Waals surface area contributed by atoms with Crippen molar-refractivity contribution in [2.45, 2.75) is 32.6 Å². The van der Waals surface area contributed by atoms with Gasteiger partial charge in [0.2, 0.25) is 0 Å². The number of likely N-dealkylation sites (tertiary alicyclic amines) is 1. The molecule has 2 aliphatic rings. The van der Waals surface area contributed by atoms with Crippen LogP contribution in [0.3, 0.4) is 0 Å². The van der Waals surface area contributed by atoms with Crippen LogP contribution < -0.4 is 4.90 Å². The van der Waals surface area contributed by atoms with Gasteiger partial charge in [0.25, 0.3) is 5.91 Å². The van der Waals surface area contributed by atoms with Gasteiger partial charge in [-0.3, -0.25) is 4.79 Å². The lowest BCUT2D eigenvalue weighted by Crippen LogP contribution is -2.40. The maximum atomic E-state index is 12.9. The van der Waals surface area contributed by atoms with Gasteiger partial charge in [0.15, 0.2) is 0 Å². The predicted molar refractivity (Wildman–Crippen MR) is 104 cm³/mol. The van der Waals surface area contributed by atoms with E-state index in [4.69, 9.17) is 9.72 Å². The Morgan fingerprint density at radius 2 is 1.82 bits per heavy atom. The molecule has 0 aromatic carbocycles. The Morgan fingerprint density at radius 1 is 1.07 bits per heavy atom. The number of piperidine rings is 1. The minimum atomic E-state index is -0.0103. The minimum Gasteiger partial charge on any atom is -0.378 e. The molecule has 0 spiro atoms. The zero-order valence-corrected chi connectivity index (χ0v) is 16.5. The fourth-order valence-corrected chi connectivity index (χ4v) is 3.83. The summed E-state index contributed by atoms with van der Waals surface area (Å²) in [6.07, 6.45) is 5.20. The number of aromatic nitrogens is 4. The van der Waals surface area contributed by atoms with Gasteiger partial charge in [0, 0.05) is 50.6 Å². The van der Waals surface area contributed by atoms with Crippen molar-refractivity contribution in [1.29, 1.82) is 0 Å². The number of morpholine rings is 1. The average Bonchev–Trinajstić information content (AvgIpc) is 2.74. The lowest BCUT2D eigenvalue weighted by Gasteiger charge is -2.33. The van der Waals surface area contributed by atoms with Gasteiger partial charge in [-0.25, -0.2) is 19.9 Å². The van der Waals surface area contributed by atoms with Crippen LogP contribution in [-0.4, -0.2) is 70.1 Å². The van der Waals surface area contributed by atoms with Gasteiger partial charge < -0.3 is 14.5 Å². The molecule has 0 radical (unpaired) electrons. The largest absolute Gasteiger partial charge is 0.378 e. The first kappa shape index (κ1) is 18.7. The van der Waals surface area contributed by atoms with Crippen molar-refractivity contribution in [2.24, 2.45) is 0 Å². The first-order valence-corrected chi connectivity index (χ1v) is 9.86. The Kier molecular flexibility index (Phi) is 5.47. The second-order valence-corrected chi connectivity index (χ2v) is 7.41. The second kappa shape index (κ2) is 8.18. The summed E-state index contributed by atoms with van der Waals surface area (Å²) in [6, 6.07) is 2.09. The summed E-state index contributed by atoms with van der Waals surface area (Å²) in [5.74, 6) is 2.60. The molecule has 2 fully saturated rings. The van der Waals surface area contributed by atoms with Crippen LogP contribution in [0.15, 0.2) is 18.5 Å². The first-order chi connectivity index (χ1) is 13.6. The molecule has 4 rings (SSSR count). The molecule has 8 heteroatoms. The van der Waals surface area contributed by atoms with E-state index in [0.717, 1.165) is 63.0 Å². The summed E-state index contributed by atoms with van der Waals surface area (Å²) in [7, 11) is 0. The number of amides is 1. The molecule has 0 bridgehead atoms. The molecule has 0 N–H and O–H groups in total.